The van der Waals surface area contributed by atoms with E-state index in [1.54, 1.807) is 17.5 Å². The van der Waals surface area contributed by atoms with Crippen molar-refractivity contribution in [2.45, 2.75) is 11.7 Å². The number of hydrogen-bond donors (Lipinski definition) is 2. The van der Waals surface area contributed by atoms with Gasteiger partial charge in [0.25, 0.3) is 0 Å². The lowest BCUT2D eigenvalue weighted by molar-refractivity contribution is 0.955. The molecule has 0 amide bonds. The normalized spacial score (nSPS) is 10.2. The highest BCUT2D eigenvalue weighted by atomic mass is 32.2. The summed E-state index contributed by atoms with van der Waals surface area (Å²) in [6, 6.07) is 1.88. The van der Waals surface area contributed by atoms with Gasteiger partial charge < -0.3 is 10.6 Å². The number of thiazole rings is 1. The lowest BCUT2D eigenvalue weighted by atomic mass is 10.5. The highest BCUT2D eigenvalue weighted by molar-refractivity contribution is 7.98. The van der Waals surface area contributed by atoms with Crippen molar-refractivity contribution in [1.29, 1.82) is 0 Å². The van der Waals surface area contributed by atoms with Crippen molar-refractivity contribution in [3.63, 3.8) is 0 Å². The Kier molecular flexibility index (Phi) is 4.16. The molecule has 0 radical (unpaired) electrons. The van der Waals surface area contributed by atoms with Crippen molar-refractivity contribution in [3.8, 4) is 0 Å². The summed E-state index contributed by atoms with van der Waals surface area (Å²) >= 11 is 3.14. The van der Waals surface area contributed by atoms with Gasteiger partial charge in [0.15, 0.2) is 5.16 Å². The summed E-state index contributed by atoms with van der Waals surface area (Å²) in [7, 11) is 1.84. The molecule has 90 valence electrons. The van der Waals surface area contributed by atoms with E-state index >= 15 is 0 Å². The molecule has 2 aromatic rings. The summed E-state index contributed by atoms with van der Waals surface area (Å²) in [6.07, 6.45) is 3.76. The van der Waals surface area contributed by atoms with E-state index in [1.165, 1.54) is 11.8 Å². The van der Waals surface area contributed by atoms with Crippen molar-refractivity contribution in [1.82, 2.24) is 15.0 Å². The molecule has 0 saturated heterocycles. The summed E-state index contributed by atoms with van der Waals surface area (Å²) in [5.41, 5.74) is 0. The Morgan fingerprint density at radius 2 is 2.18 bits per heavy atom. The zero-order chi connectivity index (χ0) is 12.1. The van der Waals surface area contributed by atoms with Crippen LogP contribution in [0.1, 0.15) is 5.01 Å². The monoisotopic (exact) mass is 267 g/mol. The molecule has 5 nitrogen and oxygen atoms in total. The Morgan fingerprint density at radius 1 is 1.35 bits per heavy atom. The van der Waals surface area contributed by atoms with Crippen molar-refractivity contribution >= 4 is 34.7 Å². The van der Waals surface area contributed by atoms with E-state index in [4.69, 9.17) is 0 Å². The van der Waals surface area contributed by atoms with Gasteiger partial charge in [0, 0.05) is 24.7 Å². The lowest BCUT2D eigenvalue weighted by Crippen LogP contribution is -2.04. The predicted octanol–water partition coefficient (Wildman–Crippen LogP) is 2.31. The fourth-order valence-electron chi connectivity index (χ4n) is 1.24. The first-order chi connectivity index (χ1) is 8.31. The Bertz CT molecular complexity index is 449. The average Bonchev–Trinajstić information content (AvgIpc) is 2.89. The van der Waals surface area contributed by atoms with Gasteiger partial charge in [0.2, 0.25) is 0 Å². The molecule has 0 fully saturated rings. The predicted molar refractivity (Wildman–Crippen MR) is 72.8 cm³/mol. The van der Waals surface area contributed by atoms with Gasteiger partial charge in [-0.1, -0.05) is 11.8 Å². The van der Waals surface area contributed by atoms with Gasteiger partial charge in [-0.05, 0) is 6.26 Å². The van der Waals surface area contributed by atoms with Gasteiger partial charge in [-0.2, -0.15) is 0 Å². The van der Waals surface area contributed by atoms with E-state index < -0.39 is 0 Å². The van der Waals surface area contributed by atoms with E-state index in [0.717, 1.165) is 21.8 Å². The first kappa shape index (κ1) is 12.1. The maximum absolute atomic E-state index is 4.38. The third-order valence-electron chi connectivity index (χ3n) is 2.05. The van der Waals surface area contributed by atoms with Crippen LogP contribution in [0, 0.1) is 0 Å². The van der Waals surface area contributed by atoms with E-state index in [9.17, 15) is 0 Å². The molecular formula is C10H13N5S2. The van der Waals surface area contributed by atoms with Gasteiger partial charge in [0.05, 0.1) is 6.54 Å². The standard InChI is InChI=1S/C10H13N5S2/c1-11-7-5-8(15-10(14-7)16-2)13-6-9-12-3-4-17-9/h3-5H,6H2,1-2H3,(H2,11,13,14,15). The quantitative estimate of drug-likeness (QED) is 0.640. The van der Waals surface area contributed by atoms with Crippen LogP contribution in [0.5, 0.6) is 0 Å². The van der Waals surface area contributed by atoms with Crippen LogP contribution in [0.3, 0.4) is 0 Å². The number of aromatic nitrogens is 3. The molecule has 0 aromatic carbocycles. The van der Waals surface area contributed by atoms with Crippen molar-refractivity contribution in [3.05, 3.63) is 22.7 Å². The van der Waals surface area contributed by atoms with Crippen LogP contribution >= 0.6 is 23.1 Å². The molecule has 0 unspecified atom stereocenters. The molecule has 0 atom stereocenters. The van der Waals surface area contributed by atoms with E-state index in [1.807, 2.05) is 24.7 Å². The number of rotatable bonds is 5. The smallest absolute Gasteiger partial charge is 0.191 e. The van der Waals surface area contributed by atoms with Gasteiger partial charge in [0.1, 0.15) is 16.6 Å². The molecule has 0 aliphatic carbocycles. The summed E-state index contributed by atoms with van der Waals surface area (Å²) in [5.74, 6) is 1.62. The molecule has 0 spiro atoms. The van der Waals surface area contributed by atoms with Gasteiger partial charge >= 0.3 is 0 Å². The minimum Gasteiger partial charge on any atom is -0.373 e. The molecular weight excluding hydrogens is 254 g/mol. The first-order valence-electron chi connectivity index (χ1n) is 5.05. The van der Waals surface area contributed by atoms with Gasteiger partial charge in [-0.15, -0.1) is 11.3 Å². The van der Waals surface area contributed by atoms with Crippen LogP contribution in [0.25, 0.3) is 0 Å². The number of thioether (sulfide) groups is 1. The third-order valence-corrected chi connectivity index (χ3v) is 3.38. The van der Waals surface area contributed by atoms with Crippen LogP contribution in [0.15, 0.2) is 22.8 Å². The first-order valence-corrected chi connectivity index (χ1v) is 7.15. The van der Waals surface area contributed by atoms with E-state index in [2.05, 4.69) is 25.6 Å². The zero-order valence-corrected chi connectivity index (χ0v) is 11.2. The summed E-state index contributed by atoms with van der Waals surface area (Å²) < 4.78 is 0. The fourth-order valence-corrected chi connectivity index (χ4v) is 2.18. The lowest BCUT2D eigenvalue weighted by Gasteiger charge is -2.07. The van der Waals surface area contributed by atoms with Crippen LogP contribution < -0.4 is 10.6 Å². The zero-order valence-electron chi connectivity index (χ0n) is 9.60. The molecule has 2 aromatic heterocycles. The van der Waals surface area contributed by atoms with E-state index in [-0.39, 0.29) is 0 Å². The third kappa shape index (κ3) is 3.31. The molecule has 17 heavy (non-hydrogen) atoms. The molecule has 0 aliphatic heterocycles. The average molecular weight is 267 g/mol. The largest absolute Gasteiger partial charge is 0.373 e. The second kappa shape index (κ2) is 5.83. The second-order valence-electron chi connectivity index (χ2n) is 3.15. The van der Waals surface area contributed by atoms with Crippen LogP contribution in [-0.4, -0.2) is 28.3 Å². The topological polar surface area (TPSA) is 62.7 Å². The maximum atomic E-state index is 4.38. The van der Waals surface area contributed by atoms with Crippen molar-refractivity contribution in [2.75, 3.05) is 23.9 Å². The maximum Gasteiger partial charge on any atom is 0.191 e. The molecule has 2 heterocycles. The summed E-state index contributed by atoms with van der Waals surface area (Å²) in [4.78, 5) is 12.9. The molecule has 0 saturated carbocycles. The van der Waals surface area contributed by atoms with Crippen LogP contribution in [-0.2, 0) is 6.54 Å². The fraction of sp³-hybridized carbons (Fsp3) is 0.300. The van der Waals surface area contributed by atoms with Crippen molar-refractivity contribution in [2.24, 2.45) is 0 Å². The second-order valence-corrected chi connectivity index (χ2v) is 4.91. The summed E-state index contributed by atoms with van der Waals surface area (Å²) in [6.45, 7) is 0.686. The van der Waals surface area contributed by atoms with Gasteiger partial charge in [-0.3, -0.25) is 0 Å². The minimum absolute atomic E-state index is 0.686. The molecule has 2 N–H and O–H groups in total. The highest BCUT2D eigenvalue weighted by Gasteiger charge is 2.03. The Morgan fingerprint density at radius 3 is 2.82 bits per heavy atom. The molecule has 2 rings (SSSR count). The Labute approximate surface area is 108 Å². The van der Waals surface area contributed by atoms with Crippen LogP contribution in [0.4, 0.5) is 11.6 Å². The Balaban J connectivity index is 2.09. The minimum atomic E-state index is 0.686. The number of nitrogens with one attached hydrogen (secondary N) is 2. The van der Waals surface area contributed by atoms with Gasteiger partial charge in [-0.25, -0.2) is 15.0 Å². The molecule has 7 heteroatoms. The SMILES string of the molecule is CNc1cc(NCc2nccs2)nc(SC)n1. The summed E-state index contributed by atoms with van der Waals surface area (Å²) in [5, 5.41) is 10.0. The molecule has 0 aliphatic rings. The van der Waals surface area contributed by atoms with Crippen LogP contribution in [0.2, 0.25) is 0 Å². The number of anilines is 2. The van der Waals surface area contributed by atoms with E-state index in [0.29, 0.717) is 6.54 Å². The number of nitrogens with zero attached hydrogens (tertiary/aromatic N) is 3. The number of hydrogen-bond acceptors (Lipinski definition) is 7. The highest BCUT2D eigenvalue weighted by Crippen LogP contribution is 2.17. The Hall–Kier alpha value is -1.34. The molecule has 0 bridgehead atoms. The van der Waals surface area contributed by atoms with Crippen molar-refractivity contribution < 1.29 is 0 Å².